The van der Waals surface area contributed by atoms with Crippen molar-refractivity contribution < 1.29 is 63.3 Å². The third-order valence-corrected chi connectivity index (χ3v) is 8.37. The Morgan fingerprint density at radius 3 is 1.95 bits per heavy atom. The summed E-state index contributed by atoms with van der Waals surface area (Å²) >= 11 is 0. The molecule has 0 spiro atoms. The topological polar surface area (TPSA) is 87.8 Å². The third-order valence-electron chi connectivity index (χ3n) is 8.37. The minimum atomic E-state index is -7.02. The highest BCUT2D eigenvalue weighted by atomic mass is 19.4. The van der Waals surface area contributed by atoms with Crippen LogP contribution >= 0.6 is 0 Å². The van der Waals surface area contributed by atoms with Crippen molar-refractivity contribution in [1.82, 2.24) is 0 Å². The quantitative estimate of drug-likeness (QED) is 0.147. The number of rotatable bonds is 8. The van der Waals surface area contributed by atoms with Gasteiger partial charge in [-0.05, 0) is 81.0 Å². The van der Waals surface area contributed by atoms with Crippen molar-refractivity contribution in [3.63, 3.8) is 0 Å². The molecule has 230 valence electrons. The summed E-state index contributed by atoms with van der Waals surface area (Å²) in [6.07, 6.45) is -8.46. The standard InChI is InChI=1S/C26H28F9NO5/c1-13-5-17(6-14(2)18(13)36)40-20(38)41-22-10-15-7-16(11-22)9-21(8-15,12-22)19(37)39-4-3-23(27,28)24(29,30)25(31,32)26(33,34)35/h5-6,15-16H,3-4,7-12,36H2,1-2H3. The number of halogens is 9. The van der Waals surface area contributed by atoms with Gasteiger partial charge < -0.3 is 19.9 Å². The van der Waals surface area contributed by atoms with Gasteiger partial charge in [0, 0.05) is 12.1 Å². The monoisotopic (exact) mass is 605 g/mol. The number of nitrogen functional groups attached to an aromatic ring is 1. The van der Waals surface area contributed by atoms with Gasteiger partial charge in [-0.3, -0.25) is 4.79 Å². The number of hydrogen-bond donors (Lipinski definition) is 1. The maximum atomic E-state index is 13.9. The summed E-state index contributed by atoms with van der Waals surface area (Å²) in [6.45, 7) is 1.90. The molecule has 0 amide bonds. The first-order valence-corrected chi connectivity index (χ1v) is 12.8. The zero-order valence-electron chi connectivity index (χ0n) is 22.0. The Bertz CT molecular complexity index is 1180. The molecular weight excluding hydrogens is 577 g/mol. The predicted octanol–water partition coefficient (Wildman–Crippen LogP) is 7.14. The van der Waals surface area contributed by atoms with E-state index < -0.39 is 60.1 Å². The smallest absolute Gasteiger partial charge is 0.465 e. The number of esters is 1. The molecule has 4 saturated carbocycles. The average Bonchev–Trinajstić information content (AvgIpc) is 2.80. The van der Waals surface area contributed by atoms with Crippen molar-refractivity contribution in [2.24, 2.45) is 17.3 Å². The molecule has 2 N–H and O–H groups in total. The van der Waals surface area contributed by atoms with Crippen molar-refractivity contribution >= 4 is 17.8 Å². The number of hydrogen-bond acceptors (Lipinski definition) is 6. The molecule has 1 aromatic carbocycles. The van der Waals surface area contributed by atoms with E-state index in [1.165, 1.54) is 12.1 Å². The Labute approximate surface area is 228 Å². The maximum absolute atomic E-state index is 13.9. The van der Waals surface area contributed by atoms with Crippen molar-refractivity contribution in [2.45, 2.75) is 88.3 Å². The van der Waals surface area contributed by atoms with Crippen LogP contribution in [-0.4, -0.2) is 48.3 Å². The van der Waals surface area contributed by atoms with E-state index in [-0.39, 0.29) is 36.8 Å². The number of alkyl halides is 9. The number of aryl methyl sites for hydroxylation is 2. The van der Waals surface area contributed by atoms with E-state index >= 15 is 0 Å². The molecule has 2 atom stereocenters. The van der Waals surface area contributed by atoms with Gasteiger partial charge in [0.25, 0.3) is 0 Å². The van der Waals surface area contributed by atoms with Crippen molar-refractivity contribution in [3.05, 3.63) is 23.3 Å². The van der Waals surface area contributed by atoms with Gasteiger partial charge in [0.15, 0.2) is 0 Å². The molecule has 0 aliphatic heterocycles. The van der Waals surface area contributed by atoms with Gasteiger partial charge in [-0.15, -0.1) is 0 Å². The van der Waals surface area contributed by atoms with Crippen molar-refractivity contribution in [1.29, 1.82) is 0 Å². The summed E-state index contributed by atoms with van der Waals surface area (Å²) in [4.78, 5) is 25.8. The zero-order valence-corrected chi connectivity index (χ0v) is 22.0. The van der Waals surface area contributed by atoms with Crippen LogP contribution in [0.2, 0.25) is 0 Å². The SMILES string of the molecule is Cc1cc(OC(=O)OC23CC4CC(C2)CC(C(=O)OCCC(F)(F)C(F)(F)C(F)(F)C(F)(F)F)(C4)C3)cc(C)c1N. The molecule has 4 aliphatic carbocycles. The Kier molecular flexibility index (Phi) is 7.47. The van der Waals surface area contributed by atoms with E-state index in [0.717, 1.165) is 0 Å². The summed E-state index contributed by atoms with van der Waals surface area (Å²) in [5, 5.41) is 0. The second kappa shape index (κ2) is 9.85. The van der Waals surface area contributed by atoms with Crippen molar-refractivity contribution in [3.8, 4) is 5.75 Å². The normalized spacial score (nSPS) is 28.0. The van der Waals surface area contributed by atoms with Crippen LogP contribution in [0.4, 0.5) is 50.0 Å². The van der Waals surface area contributed by atoms with E-state index in [1.54, 1.807) is 13.8 Å². The van der Waals surface area contributed by atoms with Gasteiger partial charge in [-0.2, -0.15) is 39.5 Å². The fraction of sp³-hybridized carbons (Fsp3) is 0.692. The number of benzene rings is 1. The van der Waals surface area contributed by atoms with E-state index in [9.17, 15) is 49.1 Å². The van der Waals surface area contributed by atoms with E-state index in [4.69, 9.17) is 19.9 Å². The van der Waals surface area contributed by atoms with Gasteiger partial charge in [-0.25, -0.2) is 4.79 Å². The summed E-state index contributed by atoms with van der Waals surface area (Å²) < 4.78 is 134. The molecule has 4 fully saturated rings. The van der Waals surface area contributed by atoms with Crippen LogP contribution in [0.3, 0.4) is 0 Å². The molecule has 0 heterocycles. The van der Waals surface area contributed by atoms with Gasteiger partial charge in [-0.1, -0.05) is 0 Å². The summed E-state index contributed by atoms with van der Waals surface area (Å²) in [6, 6.07) is 3.07. The Morgan fingerprint density at radius 2 is 1.44 bits per heavy atom. The van der Waals surface area contributed by atoms with E-state index in [0.29, 0.717) is 36.1 Å². The summed E-state index contributed by atoms with van der Waals surface area (Å²) in [7, 11) is 0. The highest BCUT2D eigenvalue weighted by molar-refractivity contribution is 5.78. The minimum absolute atomic E-state index is 0.0839. The fourth-order valence-electron chi connectivity index (χ4n) is 6.81. The van der Waals surface area contributed by atoms with Gasteiger partial charge >= 0.3 is 36.1 Å². The molecule has 5 rings (SSSR count). The predicted molar refractivity (Wildman–Crippen MR) is 124 cm³/mol. The lowest BCUT2D eigenvalue weighted by atomic mass is 9.48. The number of nitrogens with two attached hydrogens (primary N) is 1. The molecular formula is C26H28F9NO5. The molecule has 2 unspecified atom stereocenters. The van der Waals surface area contributed by atoms with E-state index in [1.807, 2.05) is 0 Å². The van der Waals surface area contributed by atoms with Gasteiger partial charge in [0.2, 0.25) is 0 Å². The van der Waals surface area contributed by atoms with Crippen LogP contribution in [-0.2, 0) is 14.3 Å². The van der Waals surface area contributed by atoms with Gasteiger partial charge in [0.05, 0.1) is 18.4 Å². The first-order valence-electron chi connectivity index (χ1n) is 12.8. The number of anilines is 1. The molecule has 0 radical (unpaired) electrons. The Balaban J connectivity index is 1.42. The van der Waals surface area contributed by atoms with E-state index in [2.05, 4.69) is 0 Å². The second-order valence-electron chi connectivity index (χ2n) is 11.6. The first-order chi connectivity index (χ1) is 18.6. The largest absolute Gasteiger partial charge is 0.514 e. The molecule has 0 saturated heterocycles. The average molecular weight is 605 g/mol. The molecule has 15 heteroatoms. The molecule has 4 aliphatic rings. The second-order valence-corrected chi connectivity index (χ2v) is 11.6. The van der Waals surface area contributed by atoms with Crippen molar-refractivity contribution in [2.75, 3.05) is 12.3 Å². The first kappa shape index (κ1) is 31.1. The van der Waals surface area contributed by atoms with Crippen LogP contribution < -0.4 is 10.5 Å². The lowest BCUT2D eigenvalue weighted by molar-refractivity contribution is -0.397. The summed E-state index contributed by atoms with van der Waals surface area (Å²) in [5.41, 5.74) is 5.24. The van der Waals surface area contributed by atoms with Crippen LogP contribution in [0.25, 0.3) is 0 Å². The highest BCUT2D eigenvalue weighted by Crippen LogP contribution is 2.63. The molecule has 4 bridgehead atoms. The minimum Gasteiger partial charge on any atom is -0.465 e. The molecule has 1 aromatic rings. The van der Waals surface area contributed by atoms with Crippen LogP contribution in [0.5, 0.6) is 5.75 Å². The lowest BCUT2D eigenvalue weighted by Gasteiger charge is -2.59. The fourth-order valence-corrected chi connectivity index (χ4v) is 6.81. The molecule has 41 heavy (non-hydrogen) atoms. The van der Waals surface area contributed by atoms with Crippen LogP contribution in [0.15, 0.2) is 12.1 Å². The summed E-state index contributed by atoms with van der Waals surface area (Å²) in [5.74, 6) is -20.8. The van der Waals surface area contributed by atoms with Gasteiger partial charge in [0.1, 0.15) is 11.4 Å². The number of carbonyl (C=O) groups excluding carboxylic acids is 2. The Morgan fingerprint density at radius 1 is 0.902 bits per heavy atom. The number of ether oxygens (including phenoxy) is 3. The van der Waals surface area contributed by atoms with Crippen LogP contribution in [0, 0.1) is 31.1 Å². The number of carbonyl (C=O) groups is 2. The Hall–Kier alpha value is -2.87. The zero-order chi connectivity index (χ0) is 30.8. The lowest BCUT2D eigenvalue weighted by Crippen LogP contribution is -2.61. The molecule has 6 nitrogen and oxygen atoms in total. The third kappa shape index (κ3) is 5.40. The molecule has 0 aromatic heterocycles. The van der Waals surface area contributed by atoms with Crippen LogP contribution in [0.1, 0.15) is 56.1 Å². The highest BCUT2D eigenvalue weighted by Gasteiger charge is 2.81. The maximum Gasteiger partial charge on any atom is 0.514 e.